The zero-order chi connectivity index (χ0) is 37.1. The number of carboxylic acids is 2. The predicted molar refractivity (Wildman–Crippen MR) is 222 cm³/mol. The molecule has 0 bridgehead atoms. The first kappa shape index (κ1) is 50.1. The molecule has 0 aromatic heterocycles. The van der Waals surface area contributed by atoms with Gasteiger partial charge in [-0.25, -0.2) is 0 Å². The van der Waals surface area contributed by atoms with Crippen LogP contribution >= 0.6 is 69.3 Å². The summed E-state index contributed by atoms with van der Waals surface area (Å²) in [6.07, 6.45) is 23.4. The van der Waals surface area contributed by atoms with Crippen LogP contribution in [0, 0.1) is 5.92 Å². The number of carbonyl (C=O) groups is 4. The van der Waals surface area contributed by atoms with E-state index in [1.54, 1.807) is 21.6 Å². The highest BCUT2D eigenvalue weighted by Gasteiger charge is 2.24. The molecule has 1 unspecified atom stereocenters. The Labute approximate surface area is 330 Å². The van der Waals surface area contributed by atoms with Crippen molar-refractivity contribution in [1.82, 2.24) is 5.32 Å². The Morgan fingerprint density at radius 1 is 0.660 bits per heavy atom. The largest absolute Gasteiger partial charge is 0.481 e. The highest BCUT2D eigenvalue weighted by Crippen LogP contribution is 2.55. The number of ketones is 1. The topological polar surface area (TPSA) is 139 Å². The molecule has 0 aromatic carbocycles. The van der Waals surface area contributed by atoms with Crippen LogP contribution in [0.3, 0.4) is 0 Å². The van der Waals surface area contributed by atoms with E-state index in [9.17, 15) is 24.3 Å². The molecular formula is C35H65NO8S6. The number of hydrogen-bond acceptors (Lipinski definition) is 12. The second-order valence-corrected chi connectivity index (χ2v) is 18.9. The first-order valence-corrected chi connectivity index (χ1v) is 23.8. The van der Waals surface area contributed by atoms with Crippen LogP contribution in [0.5, 0.6) is 0 Å². The lowest BCUT2D eigenvalue weighted by Crippen LogP contribution is -2.29. The summed E-state index contributed by atoms with van der Waals surface area (Å²) in [5.41, 5.74) is 0. The summed E-state index contributed by atoms with van der Waals surface area (Å²) in [5, 5.41) is 20.6. The minimum absolute atomic E-state index is 0.0452. The number of carbonyl (C=O) groups excluding carboxylic acids is 2. The van der Waals surface area contributed by atoms with Crippen molar-refractivity contribution in [1.29, 1.82) is 0 Å². The van der Waals surface area contributed by atoms with E-state index >= 15 is 0 Å². The van der Waals surface area contributed by atoms with Crippen molar-refractivity contribution in [2.45, 2.75) is 156 Å². The number of nitrogens with one attached hydrogen (secondary N) is 1. The highest BCUT2D eigenvalue weighted by atomic mass is 33.2. The quantitative estimate of drug-likeness (QED) is 0.0118. The van der Waals surface area contributed by atoms with Crippen molar-refractivity contribution in [3.8, 4) is 0 Å². The van der Waals surface area contributed by atoms with Crippen molar-refractivity contribution in [2.75, 3.05) is 33.0 Å². The minimum atomic E-state index is -0.883. The van der Waals surface area contributed by atoms with E-state index in [1.165, 1.54) is 70.6 Å². The average molecular weight is 820 g/mol. The second-order valence-electron chi connectivity index (χ2n) is 12.6. The first-order chi connectivity index (χ1) is 24.2. The van der Waals surface area contributed by atoms with Crippen LogP contribution in [0.25, 0.3) is 0 Å². The molecule has 1 aliphatic heterocycles. The van der Waals surface area contributed by atoms with Gasteiger partial charge in [0.05, 0.1) is 23.7 Å². The molecule has 15 heteroatoms. The third-order valence-electron chi connectivity index (χ3n) is 8.16. The van der Waals surface area contributed by atoms with Gasteiger partial charge in [0, 0.05) is 32.4 Å². The van der Waals surface area contributed by atoms with Gasteiger partial charge in [-0.15, -0.1) is 11.7 Å². The lowest BCUT2D eigenvalue weighted by Gasteiger charge is -2.16. The van der Waals surface area contributed by atoms with Gasteiger partial charge in [-0.05, 0) is 32.1 Å². The van der Waals surface area contributed by atoms with Crippen molar-refractivity contribution in [3.05, 3.63) is 0 Å². The molecule has 0 aliphatic carbocycles. The number of Topliss-reactive ketones (excluding diaryl/α,β-unsaturated/α-hetero) is 1. The summed E-state index contributed by atoms with van der Waals surface area (Å²) in [6, 6.07) is 0. The molecule has 3 N–H and O–H groups in total. The Morgan fingerprint density at radius 2 is 1.12 bits per heavy atom. The maximum atomic E-state index is 12.1. The molecule has 2 atom stereocenters. The molecule has 1 amide bonds. The summed E-state index contributed by atoms with van der Waals surface area (Å²) >= 11 is 12.3. The second kappa shape index (κ2) is 37.4. The Bertz CT molecular complexity index is 856. The maximum Gasteiger partial charge on any atom is 0.308 e. The van der Waals surface area contributed by atoms with Gasteiger partial charge in [0.2, 0.25) is 5.91 Å². The highest BCUT2D eigenvalue weighted by molar-refractivity contribution is 8.96. The number of unbranched alkanes of at least 4 members (excludes halogenated alkanes) is 16. The molecular weight excluding hydrogens is 755 g/mol. The van der Waals surface area contributed by atoms with E-state index in [0.29, 0.717) is 81.0 Å². The molecule has 0 aromatic rings. The van der Waals surface area contributed by atoms with Gasteiger partial charge in [0.15, 0.2) is 0 Å². The van der Waals surface area contributed by atoms with Crippen LogP contribution in [-0.2, 0) is 28.7 Å². The number of carboxylic acid groups (broad SMARTS) is 2. The smallest absolute Gasteiger partial charge is 0.308 e. The number of thiol groups is 3. The van der Waals surface area contributed by atoms with Gasteiger partial charge < -0.3 is 25.0 Å². The molecule has 294 valence electrons. The van der Waals surface area contributed by atoms with Gasteiger partial charge in [0.1, 0.15) is 16.3 Å². The molecule has 1 heterocycles. The molecule has 9 nitrogen and oxygen atoms in total. The Hall–Kier alpha value is 0.100. The summed E-state index contributed by atoms with van der Waals surface area (Å²) < 4.78 is 11.1. The average Bonchev–Trinajstić information content (AvgIpc) is 3.88. The molecule has 0 spiro atoms. The fourth-order valence-electron chi connectivity index (χ4n) is 5.21. The fraction of sp³-hybridized carbons (Fsp3) is 0.886. The van der Waals surface area contributed by atoms with E-state index in [4.69, 9.17) is 14.6 Å². The molecule has 1 aliphatic rings. The lowest BCUT2D eigenvalue weighted by atomic mass is 10.0. The van der Waals surface area contributed by atoms with Gasteiger partial charge in [-0.3, -0.25) is 19.2 Å². The van der Waals surface area contributed by atoms with Crippen LogP contribution < -0.4 is 5.32 Å². The van der Waals surface area contributed by atoms with Gasteiger partial charge >= 0.3 is 11.9 Å². The normalized spacial score (nSPS) is 13.7. The van der Waals surface area contributed by atoms with Crippen LogP contribution in [-0.4, -0.2) is 75.3 Å². The standard InChI is InChI=1S/C34H63NO8S3.CH2S3/c36-29(20-15-13-11-9-7-5-3-1-2-4-6-8-10-12-14-16-23-32(38)39)21-19-25-42-26-27-43-28-31(37)35-24-18-17-22-30(33(40)41)34(44)46-45;2-1-3-4-1/h30,34,44-45H,1-28H2,(H,35,37)(H,38,39)(H,40,41);1-2H/t30-,34?;/m0./s1. The van der Waals surface area contributed by atoms with Gasteiger partial charge in [-0.1, -0.05) is 129 Å². The Morgan fingerprint density at radius 3 is 1.58 bits per heavy atom. The molecule has 0 radical (unpaired) electrons. The number of amides is 1. The fourth-order valence-corrected chi connectivity index (χ4v) is 6.97. The summed E-state index contributed by atoms with van der Waals surface area (Å²) in [5.74, 6) is -2.04. The Kier molecular flexibility index (Phi) is 37.5. The third kappa shape index (κ3) is 37.8. The zero-order valence-corrected chi connectivity index (χ0v) is 35.1. The maximum absolute atomic E-state index is 12.1. The third-order valence-corrected chi connectivity index (χ3v) is 13.6. The van der Waals surface area contributed by atoms with E-state index in [2.05, 4.69) is 42.2 Å². The number of ether oxygens (including phenoxy) is 2. The van der Waals surface area contributed by atoms with Crippen LogP contribution in [0.2, 0.25) is 0 Å². The molecule has 1 fully saturated rings. The van der Waals surface area contributed by atoms with Gasteiger partial charge in [0.25, 0.3) is 0 Å². The lowest BCUT2D eigenvalue weighted by molar-refractivity contribution is -0.141. The minimum Gasteiger partial charge on any atom is -0.481 e. The van der Waals surface area contributed by atoms with Crippen LogP contribution in [0.1, 0.15) is 148 Å². The molecule has 1 rings (SSSR count). The summed E-state index contributed by atoms with van der Waals surface area (Å²) in [4.78, 5) is 45.7. The van der Waals surface area contributed by atoms with Crippen LogP contribution in [0.4, 0.5) is 0 Å². The van der Waals surface area contributed by atoms with Gasteiger partial charge in [-0.2, -0.15) is 25.3 Å². The SMILES string of the molecule is O=C(O)CCCCCCCCCCCCCCCCCCC(=O)CCCOCCOCC(=O)NCCCC[C@@H](C(=O)O)C(S)SS.SC1SS1. The van der Waals surface area contributed by atoms with Crippen molar-refractivity contribution in [2.24, 2.45) is 5.92 Å². The summed E-state index contributed by atoms with van der Waals surface area (Å²) in [7, 11) is 4.73. The van der Waals surface area contributed by atoms with E-state index in [-0.39, 0.29) is 17.1 Å². The molecule has 0 saturated carbocycles. The molecule has 1 saturated heterocycles. The number of hydrogen-bond donors (Lipinski definition) is 6. The first-order valence-electron chi connectivity index (χ1n) is 18.5. The van der Waals surface area contributed by atoms with Crippen molar-refractivity contribution < 1.29 is 38.9 Å². The van der Waals surface area contributed by atoms with Crippen LogP contribution in [0.15, 0.2) is 0 Å². The van der Waals surface area contributed by atoms with E-state index in [1.807, 2.05) is 0 Å². The number of aliphatic carboxylic acids is 2. The van der Waals surface area contributed by atoms with Crippen molar-refractivity contribution in [3.63, 3.8) is 0 Å². The van der Waals surface area contributed by atoms with E-state index in [0.717, 1.165) is 42.9 Å². The monoisotopic (exact) mass is 819 g/mol. The zero-order valence-electron chi connectivity index (χ0n) is 29.9. The summed E-state index contributed by atoms with van der Waals surface area (Å²) in [6.45, 7) is 1.62. The Balaban J connectivity index is 0.00000556. The van der Waals surface area contributed by atoms with E-state index < -0.39 is 17.9 Å². The number of rotatable bonds is 36. The van der Waals surface area contributed by atoms with Crippen molar-refractivity contribution >= 4 is 92.9 Å². The predicted octanol–water partition coefficient (Wildman–Crippen LogP) is 9.89. The molecule has 50 heavy (non-hydrogen) atoms.